The van der Waals surface area contributed by atoms with Crippen LogP contribution in [0.25, 0.3) is 0 Å². The van der Waals surface area contributed by atoms with Crippen molar-refractivity contribution < 1.29 is 24.1 Å². The van der Waals surface area contributed by atoms with E-state index < -0.39 is 5.97 Å². The summed E-state index contributed by atoms with van der Waals surface area (Å²) in [5.74, 6) is 1.68. The molecule has 0 radical (unpaired) electrons. The summed E-state index contributed by atoms with van der Waals surface area (Å²) in [6.45, 7) is 7.14. The van der Waals surface area contributed by atoms with E-state index in [1.165, 1.54) is 5.56 Å². The van der Waals surface area contributed by atoms with Crippen LogP contribution in [0.1, 0.15) is 42.9 Å². The van der Waals surface area contributed by atoms with E-state index in [2.05, 4.69) is 26.0 Å². The van der Waals surface area contributed by atoms with Gasteiger partial charge in [0.1, 0.15) is 19.0 Å². The number of benzene rings is 2. The summed E-state index contributed by atoms with van der Waals surface area (Å²) in [7, 11) is 1.57. The van der Waals surface area contributed by atoms with Crippen LogP contribution in [0.4, 0.5) is 0 Å². The number of carboxylic acids is 1. The summed E-state index contributed by atoms with van der Waals surface area (Å²) in [6, 6.07) is 11.7. The maximum absolute atomic E-state index is 10.7. The molecule has 0 aliphatic rings. The molecule has 146 valence electrons. The molecule has 0 aliphatic carbocycles. The van der Waals surface area contributed by atoms with Crippen LogP contribution in [0, 0.1) is 6.92 Å². The third-order valence-electron chi connectivity index (χ3n) is 4.25. The van der Waals surface area contributed by atoms with Gasteiger partial charge in [0.05, 0.1) is 7.11 Å². The fourth-order valence-corrected chi connectivity index (χ4v) is 2.78. The summed E-state index contributed by atoms with van der Waals surface area (Å²) < 4.78 is 17.1. The first kappa shape index (κ1) is 20.6. The van der Waals surface area contributed by atoms with Gasteiger partial charge in [0.2, 0.25) is 0 Å². The van der Waals surface area contributed by atoms with Crippen molar-refractivity contribution in [3.05, 3.63) is 53.1 Å². The van der Waals surface area contributed by atoms with E-state index in [0.29, 0.717) is 37.1 Å². The standard InChI is InChI=1S/C22H28O5/c1-15(2)18-8-5-16(3)13-20(18)27-12-11-26-19-9-6-17(7-10-22(23)24)14-21(19)25-4/h5-6,8-9,13-15H,7,10-12H2,1-4H3,(H,23,24). The van der Waals surface area contributed by atoms with Crippen molar-refractivity contribution in [1.29, 1.82) is 0 Å². The van der Waals surface area contributed by atoms with Crippen molar-refractivity contribution in [1.82, 2.24) is 0 Å². The molecule has 2 aromatic rings. The lowest BCUT2D eigenvalue weighted by molar-refractivity contribution is -0.136. The minimum atomic E-state index is -0.816. The van der Waals surface area contributed by atoms with Gasteiger partial charge in [0.15, 0.2) is 11.5 Å². The smallest absolute Gasteiger partial charge is 0.303 e. The number of carbonyl (C=O) groups is 1. The Labute approximate surface area is 160 Å². The highest BCUT2D eigenvalue weighted by atomic mass is 16.5. The molecule has 1 N–H and O–H groups in total. The Morgan fingerprint density at radius 3 is 2.33 bits per heavy atom. The summed E-state index contributed by atoms with van der Waals surface area (Å²) in [5, 5.41) is 8.79. The first-order valence-corrected chi connectivity index (χ1v) is 9.15. The Hall–Kier alpha value is -2.69. The predicted molar refractivity (Wildman–Crippen MR) is 105 cm³/mol. The first-order valence-electron chi connectivity index (χ1n) is 9.15. The molecule has 0 spiro atoms. The second-order valence-electron chi connectivity index (χ2n) is 6.77. The van der Waals surface area contributed by atoms with Gasteiger partial charge in [-0.15, -0.1) is 0 Å². The molecule has 2 rings (SSSR count). The lowest BCUT2D eigenvalue weighted by atomic mass is 10.0. The Morgan fingerprint density at radius 1 is 1.00 bits per heavy atom. The van der Waals surface area contributed by atoms with E-state index >= 15 is 0 Å². The van der Waals surface area contributed by atoms with E-state index in [0.717, 1.165) is 16.9 Å². The van der Waals surface area contributed by atoms with Gasteiger partial charge in [-0.3, -0.25) is 4.79 Å². The van der Waals surface area contributed by atoms with E-state index in [9.17, 15) is 4.79 Å². The average molecular weight is 372 g/mol. The van der Waals surface area contributed by atoms with Gasteiger partial charge in [-0.25, -0.2) is 0 Å². The Balaban J connectivity index is 1.93. The Kier molecular flexibility index (Phi) is 7.53. The van der Waals surface area contributed by atoms with Crippen LogP contribution in [0.5, 0.6) is 17.2 Å². The zero-order chi connectivity index (χ0) is 19.8. The topological polar surface area (TPSA) is 65.0 Å². The van der Waals surface area contributed by atoms with Gasteiger partial charge >= 0.3 is 5.97 Å². The number of hydrogen-bond donors (Lipinski definition) is 1. The van der Waals surface area contributed by atoms with Crippen LogP contribution < -0.4 is 14.2 Å². The number of carboxylic acid groups (broad SMARTS) is 1. The van der Waals surface area contributed by atoms with Crippen LogP contribution in [0.3, 0.4) is 0 Å². The molecule has 0 amide bonds. The van der Waals surface area contributed by atoms with Crippen molar-refractivity contribution in [3.8, 4) is 17.2 Å². The van der Waals surface area contributed by atoms with Gasteiger partial charge in [-0.05, 0) is 54.2 Å². The van der Waals surface area contributed by atoms with Gasteiger partial charge in [0.25, 0.3) is 0 Å². The molecule has 0 aromatic heterocycles. The second kappa shape index (κ2) is 9.86. The zero-order valence-corrected chi connectivity index (χ0v) is 16.5. The van der Waals surface area contributed by atoms with Crippen LogP contribution in [0.2, 0.25) is 0 Å². The van der Waals surface area contributed by atoms with Crippen molar-refractivity contribution in [2.24, 2.45) is 0 Å². The number of aliphatic carboxylic acids is 1. The fourth-order valence-electron chi connectivity index (χ4n) is 2.78. The number of methoxy groups -OCH3 is 1. The minimum Gasteiger partial charge on any atom is -0.493 e. The lowest BCUT2D eigenvalue weighted by Gasteiger charge is -2.16. The quantitative estimate of drug-likeness (QED) is 0.617. The molecule has 27 heavy (non-hydrogen) atoms. The SMILES string of the molecule is COc1cc(CCC(=O)O)ccc1OCCOc1cc(C)ccc1C(C)C. The van der Waals surface area contributed by atoms with E-state index in [1.54, 1.807) is 7.11 Å². The third kappa shape index (κ3) is 6.20. The molecule has 5 heteroatoms. The molecule has 0 atom stereocenters. The molecule has 0 unspecified atom stereocenters. The lowest BCUT2D eigenvalue weighted by Crippen LogP contribution is -2.11. The summed E-state index contributed by atoms with van der Waals surface area (Å²) in [4.78, 5) is 10.7. The molecule has 0 heterocycles. The molecular weight excluding hydrogens is 344 g/mol. The van der Waals surface area contributed by atoms with Gasteiger partial charge in [-0.1, -0.05) is 32.0 Å². The third-order valence-corrected chi connectivity index (χ3v) is 4.25. The van der Waals surface area contributed by atoms with Crippen molar-refractivity contribution in [2.45, 2.75) is 39.5 Å². The Morgan fingerprint density at radius 2 is 1.70 bits per heavy atom. The van der Waals surface area contributed by atoms with Crippen LogP contribution in [0.15, 0.2) is 36.4 Å². The van der Waals surface area contributed by atoms with Gasteiger partial charge in [-0.2, -0.15) is 0 Å². The van der Waals surface area contributed by atoms with Crippen molar-refractivity contribution in [3.63, 3.8) is 0 Å². The fraction of sp³-hybridized carbons (Fsp3) is 0.409. The highest BCUT2D eigenvalue weighted by Crippen LogP contribution is 2.29. The highest BCUT2D eigenvalue weighted by Gasteiger charge is 2.10. The summed E-state index contributed by atoms with van der Waals surface area (Å²) in [5.41, 5.74) is 3.24. The molecule has 0 aliphatic heterocycles. The minimum absolute atomic E-state index is 0.0892. The molecule has 0 bridgehead atoms. The maximum atomic E-state index is 10.7. The molecular formula is C22H28O5. The molecule has 0 saturated carbocycles. The van der Waals surface area contributed by atoms with Crippen LogP contribution in [-0.2, 0) is 11.2 Å². The molecule has 0 saturated heterocycles. The molecule has 0 fully saturated rings. The average Bonchev–Trinajstić information content (AvgIpc) is 2.63. The van der Waals surface area contributed by atoms with E-state index in [-0.39, 0.29) is 6.42 Å². The predicted octanol–water partition coefficient (Wildman–Crippen LogP) is 4.60. The van der Waals surface area contributed by atoms with Gasteiger partial charge in [0, 0.05) is 6.42 Å². The van der Waals surface area contributed by atoms with Crippen molar-refractivity contribution >= 4 is 5.97 Å². The molecule has 5 nitrogen and oxygen atoms in total. The van der Waals surface area contributed by atoms with Gasteiger partial charge < -0.3 is 19.3 Å². The summed E-state index contributed by atoms with van der Waals surface area (Å²) in [6.07, 6.45) is 0.548. The number of aryl methyl sites for hydroxylation is 2. The number of hydrogen-bond acceptors (Lipinski definition) is 4. The Bertz CT molecular complexity index is 767. The molecule has 2 aromatic carbocycles. The van der Waals surface area contributed by atoms with E-state index in [4.69, 9.17) is 19.3 Å². The van der Waals surface area contributed by atoms with Crippen molar-refractivity contribution in [2.75, 3.05) is 20.3 Å². The largest absolute Gasteiger partial charge is 0.493 e. The monoisotopic (exact) mass is 372 g/mol. The number of rotatable bonds is 10. The number of ether oxygens (including phenoxy) is 3. The highest BCUT2D eigenvalue weighted by molar-refractivity contribution is 5.67. The first-order chi connectivity index (χ1) is 12.9. The van der Waals surface area contributed by atoms with E-state index in [1.807, 2.05) is 31.2 Å². The van der Waals surface area contributed by atoms with Crippen LogP contribution >= 0.6 is 0 Å². The second-order valence-corrected chi connectivity index (χ2v) is 6.77. The van der Waals surface area contributed by atoms with Crippen LogP contribution in [-0.4, -0.2) is 31.4 Å². The normalized spacial score (nSPS) is 10.7. The summed E-state index contributed by atoms with van der Waals surface area (Å²) >= 11 is 0. The zero-order valence-electron chi connectivity index (χ0n) is 16.5. The maximum Gasteiger partial charge on any atom is 0.303 e.